The maximum atomic E-state index is 12.0. The first-order chi connectivity index (χ1) is 8.11. The number of phenols is 1. The smallest absolute Gasteiger partial charge is 0.257 e. The zero-order valence-electron chi connectivity index (χ0n) is 9.59. The Morgan fingerprint density at radius 1 is 1.53 bits per heavy atom. The lowest BCUT2D eigenvalue weighted by atomic mass is 10.1. The van der Waals surface area contributed by atoms with E-state index in [1.807, 2.05) is 0 Å². The number of amides is 1. The summed E-state index contributed by atoms with van der Waals surface area (Å²) in [6, 6.07) is 4.56. The molecule has 1 aromatic rings. The van der Waals surface area contributed by atoms with Gasteiger partial charge in [-0.05, 0) is 18.6 Å². The zero-order valence-corrected chi connectivity index (χ0v) is 9.59. The predicted molar refractivity (Wildman–Crippen MR) is 61.2 cm³/mol. The summed E-state index contributed by atoms with van der Waals surface area (Å²) in [4.78, 5) is 13.6. The molecule has 1 atom stereocenters. The fourth-order valence-corrected chi connectivity index (χ4v) is 1.92. The van der Waals surface area contributed by atoms with Gasteiger partial charge in [0.15, 0.2) is 0 Å². The molecule has 0 aliphatic carbocycles. The SMILES string of the molecule is COc1ccc(C(=O)N2CCC(O)C2)c(O)c1. The fraction of sp³-hybridized carbons (Fsp3) is 0.417. The van der Waals surface area contributed by atoms with Crippen molar-refractivity contribution in [3.05, 3.63) is 23.8 Å². The highest BCUT2D eigenvalue weighted by Crippen LogP contribution is 2.25. The van der Waals surface area contributed by atoms with Crippen molar-refractivity contribution in [2.24, 2.45) is 0 Å². The number of benzene rings is 1. The monoisotopic (exact) mass is 237 g/mol. The van der Waals surface area contributed by atoms with Crippen LogP contribution in [-0.4, -0.2) is 47.3 Å². The number of nitrogens with zero attached hydrogens (tertiary/aromatic N) is 1. The highest BCUT2D eigenvalue weighted by molar-refractivity contribution is 5.97. The largest absolute Gasteiger partial charge is 0.507 e. The number of phenolic OH excluding ortho intramolecular Hbond substituents is 1. The number of β-amino-alcohol motifs (C(OH)–C–C–N with tert-alkyl or cyclic N) is 1. The van der Waals surface area contributed by atoms with Crippen molar-refractivity contribution in [1.29, 1.82) is 0 Å². The lowest BCUT2D eigenvalue weighted by Crippen LogP contribution is -2.29. The van der Waals surface area contributed by atoms with Gasteiger partial charge < -0.3 is 19.8 Å². The topological polar surface area (TPSA) is 70.0 Å². The van der Waals surface area contributed by atoms with Gasteiger partial charge in [0.1, 0.15) is 11.5 Å². The number of aliphatic hydroxyl groups excluding tert-OH is 1. The summed E-state index contributed by atoms with van der Waals surface area (Å²) in [6.07, 6.45) is 0.127. The van der Waals surface area contributed by atoms with Crippen molar-refractivity contribution in [2.45, 2.75) is 12.5 Å². The molecule has 5 heteroatoms. The van der Waals surface area contributed by atoms with Crippen LogP contribution in [0.3, 0.4) is 0 Å². The van der Waals surface area contributed by atoms with Crippen LogP contribution < -0.4 is 4.74 Å². The summed E-state index contributed by atoms with van der Waals surface area (Å²) in [7, 11) is 1.49. The number of hydrogen-bond acceptors (Lipinski definition) is 4. The van der Waals surface area contributed by atoms with Crippen LogP contribution >= 0.6 is 0 Å². The van der Waals surface area contributed by atoms with Crippen LogP contribution in [0.4, 0.5) is 0 Å². The summed E-state index contributed by atoms with van der Waals surface area (Å²) in [6.45, 7) is 0.843. The molecule has 0 spiro atoms. The van der Waals surface area contributed by atoms with Crippen LogP contribution in [0.25, 0.3) is 0 Å². The predicted octanol–water partition coefficient (Wildman–Crippen LogP) is 0.608. The van der Waals surface area contributed by atoms with Crippen molar-refractivity contribution < 1.29 is 19.7 Å². The van der Waals surface area contributed by atoms with Gasteiger partial charge in [-0.3, -0.25) is 4.79 Å². The molecule has 0 radical (unpaired) electrons. The fourth-order valence-electron chi connectivity index (χ4n) is 1.92. The van der Waals surface area contributed by atoms with Gasteiger partial charge in [-0.2, -0.15) is 0 Å². The van der Waals surface area contributed by atoms with Crippen LogP contribution in [0.1, 0.15) is 16.8 Å². The van der Waals surface area contributed by atoms with Gasteiger partial charge in [0, 0.05) is 19.2 Å². The van der Waals surface area contributed by atoms with Gasteiger partial charge >= 0.3 is 0 Å². The van der Waals surface area contributed by atoms with Crippen molar-refractivity contribution in [3.63, 3.8) is 0 Å². The molecule has 1 heterocycles. The number of methoxy groups -OCH3 is 1. The summed E-state index contributed by atoms with van der Waals surface area (Å²) in [5, 5.41) is 19.1. The molecule has 1 aromatic carbocycles. The molecule has 5 nitrogen and oxygen atoms in total. The standard InChI is InChI=1S/C12H15NO4/c1-17-9-2-3-10(11(15)6-9)12(16)13-5-4-8(14)7-13/h2-3,6,8,14-15H,4-5,7H2,1H3. The van der Waals surface area contributed by atoms with E-state index in [-0.39, 0.29) is 17.2 Å². The molecule has 1 amide bonds. The molecule has 2 N–H and O–H groups in total. The summed E-state index contributed by atoms with van der Waals surface area (Å²) >= 11 is 0. The third-order valence-electron chi connectivity index (χ3n) is 2.89. The number of aliphatic hydroxyl groups is 1. The Morgan fingerprint density at radius 2 is 2.29 bits per heavy atom. The highest BCUT2D eigenvalue weighted by atomic mass is 16.5. The Balaban J connectivity index is 2.19. The molecule has 1 unspecified atom stereocenters. The van der Waals surface area contributed by atoms with E-state index in [1.165, 1.54) is 24.1 Å². The lowest BCUT2D eigenvalue weighted by Gasteiger charge is -2.16. The number of carbonyl (C=O) groups excluding carboxylic acids is 1. The first-order valence-corrected chi connectivity index (χ1v) is 5.46. The summed E-state index contributed by atoms with van der Waals surface area (Å²) < 4.78 is 4.95. The molecule has 1 saturated heterocycles. The minimum Gasteiger partial charge on any atom is -0.507 e. The molecule has 92 valence electrons. The quantitative estimate of drug-likeness (QED) is 0.790. The van der Waals surface area contributed by atoms with Crippen LogP contribution in [-0.2, 0) is 0 Å². The van der Waals surface area contributed by atoms with E-state index in [1.54, 1.807) is 6.07 Å². The minimum atomic E-state index is -0.459. The maximum Gasteiger partial charge on any atom is 0.257 e. The second-order valence-corrected chi connectivity index (χ2v) is 4.08. The second-order valence-electron chi connectivity index (χ2n) is 4.08. The number of aromatic hydroxyl groups is 1. The van der Waals surface area contributed by atoms with Crippen molar-refractivity contribution in [2.75, 3.05) is 20.2 Å². The van der Waals surface area contributed by atoms with Gasteiger partial charge in [-0.25, -0.2) is 0 Å². The van der Waals surface area contributed by atoms with Gasteiger partial charge in [0.05, 0.1) is 18.8 Å². The second kappa shape index (κ2) is 4.63. The molecule has 0 aromatic heterocycles. The first-order valence-electron chi connectivity index (χ1n) is 5.46. The molecule has 0 saturated carbocycles. The third-order valence-corrected chi connectivity index (χ3v) is 2.89. The van der Waals surface area contributed by atoms with E-state index in [0.717, 1.165) is 0 Å². The summed E-state index contributed by atoms with van der Waals surface area (Å²) in [5.41, 5.74) is 0.236. The van der Waals surface area contributed by atoms with E-state index < -0.39 is 6.10 Å². The average molecular weight is 237 g/mol. The molecule has 1 aliphatic rings. The van der Waals surface area contributed by atoms with Crippen molar-refractivity contribution >= 4 is 5.91 Å². The summed E-state index contributed by atoms with van der Waals surface area (Å²) in [5.74, 6) is 0.137. The van der Waals surface area contributed by atoms with E-state index in [2.05, 4.69) is 0 Å². The molecule has 17 heavy (non-hydrogen) atoms. The van der Waals surface area contributed by atoms with E-state index in [9.17, 15) is 15.0 Å². The Labute approximate surface area is 99.2 Å². The number of rotatable bonds is 2. The van der Waals surface area contributed by atoms with Crippen LogP contribution in [0.5, 0.6) is 11.5 Å². The van der Waals surface area contributed by atoms with Crippen LogP contribution in [0.2, 0.25) is 0 Å². The van der Waals surface area contributed by atoms with E-state index >= 15 is 0 Å². The molecular weight excluding hydrogens is 222 g/mol. The number of likely N-dealkylation sites (tertiary alicyclic amines) is 1. The first kappa shape index (κ1) is 11.7. The molecule has 1 aliphatic heterocycles. The van der Waals surface area contributed by atoms with E-state index in [0.29, 0.717) is 25.3 Å². The van der Waals surface area contributed by atoms with E-state index in [4.69, 9.17) is 4.74 Å². The Hall–Kier alpha value is -1.75. The lowest BCUT2D eigenvalue weighted by molar-refractivity contribution is 0.0762. The Morgan fingerprint density at radius 3 is 2.82 bits per heavy atom. The van der Waals surface area contributed by atoms with Crippen LogP contribution in [0.15, 0.2) is 18.2 Å². The zero-order chi connectivity index (χ0) is 12.4. The van der Waals surface area contributed by atoms with Gasteiger partial charge in [0.2, 0.25) is 0 Å². The van der Waals surface area contributed by atoms with Gasteiger partial charge in [0.25, 0.3) is 5.91 Å². The van der Waals surface area contributed by atoms with Crippen LogP contribution in [0, 0.1) is 0 Å². The number of hydrogen-bond donors (Lipinski definition) is 2. The highest BCUT2D eigenvalue weighted by Gasteiger charge is 2.26. The van der Waals surface area contributed by atoms with Gasteiger partial charge in [-0.15, -0.1) is 0 Å². The van der Waals surface area contributed by atoms with Crippen molar-refractivity contribution in [3.8, 4) is 11.5 Å². The normalized spacial score (nSPS) is 19.4. The Bertz CT molecular complexity index is 433. The third kappa shape index (κ3) is 2.34. The molecule has 2 rings (SSSR count). The Kier molecular flexibility index (Phi) is 3.19. The van der Waals surface area contributed by atoms with Crippen molar-refractivity contribution in [1.82, 2.24) is 4.90 Å². The number of ether oxygens (including phenoxy) is 1. The molecular formula is C12H15NO4. The minimum absolute atomic E-state index is 0.101. The maximum absolute atomic E-state index is 12.0. The molecule has 1 fully saturated rings. The average Bonchev–Trinajstić information content (AvgIpc) is 2.75. The number of carbonyl (C=O) groups is 1. The van der Waals surface area contributed by atoms with Gasteiger partial charge in [-0.1, -0.05) is 0 Å². The molecule has 0 bridgehead atoms.